The van der Waals surface area contributed by atoms with Crippen LogP contribution in [0.5, 0.6) is 5.75 Å². The summed E-state index contributed by atoms with van der Waals surface area (Å²) in [5.74, 6) is 1.64. The molecule has 0 N–H and O–H groups in total. The molecule has 184 valence electrons. The highest BCUT2D eigenvalue weighted by atomic mass is 19.1. The van der Waals surface area contributed by atoms with Crippen molar-refractivity contribution in [3.05, 3.63) is 83.3 Å². The van der Waals surface area contributed by atoms with E-state index in [1.807, 2.05) is 42.0 Å². The van der Waals surface area contributed by atoms with Crippen LogP contribution in [-0.2, 0) is 4.79 Å². The Balaban J connectivity index is 1.35. The second-order valence-corrected chi connectivity index (χ2v) is 9.72. The van der Waals surface area contributed by atoms with Gasteiger partial charge in [-0.1, -0.05) is 18.2 Å². The quantitative estimate of drug-likeness (QED) is 0.474. The van der Waals surface area contributed by atoms with Crippen molar-refractivity contribution in [3.63, 3.8) is 0 Å². The zero-order valence-electron chi connectivity index (χ0n) is 20.4. The number of methoxy groups -OCH3 is 1. The minimum atomic E-state index is -0.282. The molecule has 36 heavy (non-hydrogen) atoms. The summed E-state index contributed by atoms with van der Waals surface area (Å²) in [5, 5.41) is 0. The topological polar surface area (TPSA) is 63.0 Å². The van der Waals surface area contributed by atoms with E-state index in [0.29, 0.717) is 23.3 Å². The van der Waals surface area contributed by atoms with Crippen molar-refractivity contribution in [1.82, 2.24) is 19.4 Å². The highest BCUT2D eigenvalue weighted by Gasteiger charge is 2.43. The molecule has 6 rings (SSSR count). The van der Waals surface area contributed by atoms with Crippen LogP contribution >= 0.6 is 0 Å². The fourth-order valence-electron chi connectivity index (χ4n) is 5.02. The predicted molar refractivity (Wildman–Crippen MR) is 135 cm³/mol. The van der Waals surface area contributed by atoms with Crippen LogP contribution in [0.3, 0.4) is 0 Å². The molecule has 0 bridgehead atoms. The maximum Gasteiger partial charge on any atom is 0.279 e. The van der Waals surface area contributed by atoms with Crippen LogP contribution in [0.4, 0.5) is 4.39 Å². The van der Waals surface area contributed by atoms with Gasteiger partial charge in [-0.3, -0.25) is 9.69 Å². The molecular formula is C28H28FN5O2. The van der Waals surface area contributed by atoms with Crippen molar-refractivity contribution in [3.8, 4) is 11.4 Å². The monoisotopic (exact) mass is 485 g/mol. The van der Waals surface area contributed by atoms with Crippen LogP contribution in [0.15, 0.2) is 65.7 Å². The molecule has 1 amide bonds. The molecule has 1 unspecified atom stereocenters. The SMILES string of the molecule is COc1cc(/C=C2\N=C3N(CC4CC4)CCC(c4ccc(F)cc4)N3C2=O)ccc1-n1cnc(C)c1. The number of aliphatic imine (C=N–C) groups is 1. The number of carbonyl (C=O) groups excluding carboxylic acids is 1. The van der Waals surface area contributed by atoms with Crippen molar-refractivity contribution in [2.24, 2.45) is 10.9 Å². The van der Waals surface area contributed by atoms with Crippen molar-refractivity contribution in [2.75, 3.05) is 20.2 Å². The van der Waals surface area contributed by atoms with E-state index < -0.39 is 0 Å². The molecule has 7 nitrogen and oxygen atoms in total. The number of benzene rings is 2. The van der Waals surface area contributed by atoms with Crippen LogP contribution in [0.1, 0.15) is 42.1 Å². The van der Waals surface area contributed by atoms with E-state index in [0.717, 1.165) is 42.0 Å². The summed E-state index contributed by atoms with van der Waals surface area (Å²) in [5.41, 5.74) is 3.93. The number of nitrogens with zero attached hydrogens (tertiary/aromatic N) is 5. The Morgan fingerprint density at radius 2 is 1.94 bits per heavy atom. The van der Waals surface area contributed by atoms with E-state index in [9.17, 15) is 9.18 Å². The molecule has 1 saturated heterocycles. The molecule has 8 heteroatoms. The second-order valence-electron chi connectivity index (χ2n) is 9.72. The third-order valence-corrected chi connectivity index (χ3v) is 7.07. The number of guanidine groups is 1. The number of imidazole rings is 1. The molecule has 2 aliphatic heterocycles. The predicted octanol–water partition coefficient (Wildman–Crippen LogP) is 4.72. The lowest BCUT2D eigenvalue weighted by Crippen LogP contribution is -2.51. The van der Waals surface area contributed by atoms with E-state index in [4.69, 9.17) is 9.73 Å². The number of ether oxygens (including phenoxy) is 1. The Morgan fingerprint density at radius 1 is 1.14 bits per heavy atom. The number of fused-ring (bicyclic) bond motifs is 1. The normalized spacial score (nSPS) is 20.6. The van der Waals surface area contributed by atoms with E-state index in [-0.39, 0.29) is 17.8 Å². The third-order valence-electron chi connectivity index (χ3n) is 7.07. The van der Waals surface area contributed by atoms with Crippen LogP contribution < -0.4 is 4.74 Å². The Bertz CT molecular complexity index is 1370. The van der Waals surface area contributed by atoms with Gasteiger partial charge in [0.2, 0.25) is 5.96 Å². The maximum absolute atomic E-state index is 13.7. The lowest BCUT2D eigenvalue weighted by molar-refractivity contribution is -0.125. The first kappa shape index (κ1) is 22.5. The third kappa shape index (κ3) is 4.17. The van der Waals surface area contributed by atoms with Gasteiger partial charge in [0.25, 0.3) is 5.91 Å². The Morgan fingerprint density at radius 3 is 2.64 bits per heavy atom. The van der Waals surface area contributed by atoms with Gasteiger partial charge < -0.3 is 14.2 Å². The molecule has 3 aliphatic rings. The van der Waals surface area contributed by atoms with Gasteiger partial charge in [-0.25, -0.2) is 14.4 Å². The van der Waals surface area contributed by atoms with Gasteiger partial charge >= 0.3 is 0 Å². The summed E-state index contributed by atoms with van der Waals surface area (Å²) < 4.78 is 21.1. The summed E-state index contributed by atoms with van der Waals surface area (Å²) in [6.07, 6.45) is 8.73. The summed E-state index contributed by atoms with van der Waals surface area (Å²) in [7, 11) is 1.63. The molecule has 2 aromatic carbocycles. The first-order chi connectivity index (χ1) is 17.5. The zero-order chi connectivity index (χ0) is 24.8. The molecule has 1 aromatic heterocycles. The highest BCUT2D eigenvalue weighted by Crippen LogP contribution is 2.38. The van der Waals surface area contributed by atoms with Crippen LogP contribution in [0, 0.1) is 18.7 Å². The molecule has 1 atom stereocenters. The maximum atomic E-state index is 13.7. The number of amides is 1. The van der Waals surface area contributed by atoms with Crippen molar-refractivity contribution >= 4 is 17.9 Å². The van der Waals surface area contributed by atoms with E-state index in [1.54, 1.807) is 30.5 Å². The molecule has 3 aromatic rings. The Labute approximate surface area is 209 Å². The summed E-state index contributed by atoms with van der Waals surface area (Å²) >= 11 is 0. The van der Waals surface area contributed by atoms with Crippen LogP contribution in [0.25, 0.3) is 11.8 Å². The van der Waals surface area contributed by atoms with E-state index >= 15 is 0 Å². The van der Waals surface area contributed by atoms with E-state index in [1.165, 1.54) is 25.0 Å². The van der Waals surface area contributed by atoms with Crippen molar-refractivity contribution in [1.29, 1.82) is 0 Å². The van der Waals surface area contributed by atoms with Gasteiger partial charge in [-0.05, 0) is 73.6 Å². The summed E-state index contributed by atoms with van der Waals surface area (Å²) in [6, 6.07) is 12.1. The van der Waals surface area contributed by atoms with Crippen molar-refractivity contribution < 1.29 is 13.9 Å². The Kier molecular flexibility index (Phi) is 5.59. The second kappa shape index (κ2) is 8.93. The standard InChI is InChI=1S/C28H28FN5O2/c1-18-15-33(17-30-18)25-10-5-20(14-26(25)36-2)13-23-27(35)34-24(21-6-8-22(29)9-7-21)11-12-32(28(34)31-23)16-19-3-4-19/h5-10,13-15,17,19,24H,3-4,11-12,16H2,1-2H3/b23-13-. The van der Waals surface area contributed by atoms with Crippen LogP contribution in [0.2, 0.25) is 0 Å². The van der Waals surface area contributed by atoms with Gasteiger partial charge in [0.05, 0.1) is 30.9 Å². The largest absolute Gasteiger partial charge is 0.495 e. The Hall–Kier alpha value is -3.94. The zero-order valence-corrected chi connectivity index (χ0v) is 20.4. The minimum absolute atomic E-state index is 0.131. The first-order valence-electron chi connectivity index (χ1n) is 12.3. The van der Waals surface area contributed by atoms with Gasteiger partial charge in [0, 0.05) is 19.3 Å². The molecule has 3 heterocycles. The van der Waals surface area contributed by atoms with Gasteiger partial charge in [0.15, 0.2) is 0 Å². The molecule has 1 saturated carbocycles. The number of aromatic nitrogens is 2. The number of halogens is 1. The number of rotatable bonds is 6. The van der Waals surface area contributed by atoms with E-state index in [2.05, 4.69) is 9.88 Å². The first-order valence-corrected chi connectivity index (χ1v) is 12.3. The summed E-state index contributed by atoms with van der Waals surface area (Å²) in [4.78, 5) is 26.8. The van der Waals surface area contributed by atoms with Crippen molar-refractivity contribution in [2.45, 2.75) is 32.2 Å². The van der Waals surface area contributed by atoms with Crippen LogP contribution in [-0.4, -0.2) is 51.4 Å². The van der Waals surface area contributed by atoms with Gasteiger partial charge in [0.1, 0.15) is 17.3 Å². The molecule has 1 aliphatic carbocycles. The molecule has 0 radical (unpaired) electrons. The van der Waals surface area contributed by atoms with Gasteiger partial charge in [-0.15, -0.1) is 0 Å². The minimum Gasteiger partial charge on any atom is -0.495 e. The average molecular weight is 486 g/mol. The lowest BCUT2D eigenvalue weighted by atomic mass is 9.99. The average Bonchev–Trinajstić information content (AvgIpc) is 3.51. The lowest BCUT2D eigenvalue weighted by Gasteiger charge is -2.40. The smallest absolute Gasteiger partial charge is 0.279 e. The molecule has 0 spiro atoms. The molecular weight excluding hydrogens is 457 g/mol. The summed E-state index contributed by atoms with van der Waals surface area (Å²) in [6.45, 7) is 3.67. The highest BCUT2D eigenvalue weighted by molar-refractivity contribution is 6.14. The fraction of sp³-hybridized carbons (Fsp3) is 0.321. The van der Waals surface area contributed by atoms with Gasteiger partial charge in [-0.2, -0.15) is 0 Å². The number of hydrogen-bond donors (Lipinski definition) is 0. The molecule has 2 fully saturated rings. The number of aryl methyl sites for hydroxylation is 1. The fourth-order valence-corrected chi connectivity index (χ4v) is 5.02. The number of carbonyl (C=O) groups is 1. The number of hydrogen-bond acceptors (Lipinski definition) is 5.